The first kappa shape index (κ1) is 11.0. The maximum Gasteiger partial charge on any atom is 0.0590 e. The van der Waals surface area contributed by atoms with Crippen LogP contribution >= 0.6 is 0 Å². The molecule has 1 atom stereocenters. The molecule has 0 radical (unpaired) electrons. The molecule has 2 heterocycles. The zero-order valence-electron chi connectivity index (χ0n) is 10.2. The van der Waals surface area contributed by atoms with Crippen molar-refractivity contribution in [1.29, 1.82) is 0 Å². The fraction of sp³-hybridized carbons (Fsp3) is 0.133. The number of para-hydroxylation sites is 1. The molecule has 90 valence electrons. The summed E-state index contributed by atoms with van der Waals surface area (Å²) in [7, 11) is 0. The lowest BCUT2D eigenvalue weighted by molar-refractivity contribution is 0.860. The predicted octanol–water partition coefficient (Wildman–Crippen LogP) is 2.92. The summed E-state index contributed by atoms with van der Waals surface area (Å²) >= 11 is 0. The quantitative estimate of drug-likeness (QED) is 0.720. The van der Waals surface area contributed by atoms with Gasteiger partial charge in [-0.25, -0.2) is 0 Å². The van der Waals surface area contributed by atoms with Crippen molar-refractivity contribution >= 4 is 10.9 Å². The van der Waals surface area contributed by atoms with Crippen LogP contribution in [0.1, 0.15) is 22.9 Å². The molecule has 0 saturated carbocycles. The number of aromatic amines is 1. The molecule has 0 aliphatic heterocycles. The van der Waals surface area contributed by atoms with E-state index in [2.05, 4.69) is 29.0 Å². The van der Waals surface area contributed by atoms with Crippen LogP contribution in [0.4, 0.5) is 0 Å². The fourth-order valence-corrected chi connectivity index (χ4v) is 2.43. The van der Waals surface area contributed by atoms with Crippen molar-refractivity contribution in [2.75, 3.05) is 0 Å². The average molecular weight is 237 g/mol. The number of nitrogens with zero attached hydrogens (tertiary/aromatic N) is 1. The van der Waals surface area contributed by atoms with Crippen molar-refractivity contribution in [3.8, 4) is 0 Å². The molecule has 3 N–H and O–H groups in total. The second kappa shape index (κ2) is 4.27. The van der Waals surface area contributed by atoms with Gasteiger partial charge in [-0.05, 0) is 24.6 Å². The Kier molecular flexibility index (Phi) is 2.61. The van der Waals surface area contributed by atoms with Gasteiger partial charge < -0.3 is 10.7 Å². The predicted molar refractivity (Wildman–Crippen MR) is 73.3 cm³/mol. The summed E-state index contributed by atoms with van der Waals surface area (Å²) in [4.78, 5) is 7.51. The van der Waals surface area contributed by atoms with E-state index in [1.165, 1.54) is 5.39 Å². The van der Waals surface area contributed by atoms with E-state index in [1.54, 1.807) is 6.20 Å². The summed E-state index contributed by atoms with van der Waals surface area (Å²) in [5.74, 6) is 0. The van der Waals surface area contributed by atoms with Gasteiger partial charge in [-0.3, -0.25) is 4.98 Å². The Morgan fingerprint density at radius 1 is 1.17 bits per heavy atom. The smallest absolute Gasteiger partial charge is 0.0590 e. The molecule has 0 fully saturated rings. The van der Waals surface area contributed by atoms with Gasteiger partial charge in [-0.2, -0.15) is 0 Å². The van der Waals surface area contributed by atoms with Crippen molar-refractivity contribution in [2.45, 2.75) is 13.0 Å². The average Bonchev–Trinajstić information content (AvgIpc) is 2.75. The number of benzene rings is 1. The van der Waals surface area contributed by atoms with Crippen LogP contribution in [0, 0.1) is 6.92 Å². The second-order valence-electron chi connectivity index (χ2n) is 4.47. The number of pyridine rings is 1. The number of aryl methyl sites for hydroxylation is 1. The van der Waals surface area contributed by atoms with Gasteiger partial charge in [0.15, 0.2) is 0 Å². The first-order valence-corrected chi connectivity index (χ1v) is 6.00. The highest BCUT2D eigenvalue weighted by Gasteiger charge is 2.16. The van der Waals surface area contributed by atoms with Crippen LogP contribution in [-0.4, -0.2) is 9.97 Å². The van der Waals surface area contributed by atoms with E-state index < -0.39 is 0 Å². The molecule has 3 aromatic rings. The van der Waals surface area contributed by atoms with Gasteiger partial charge in [0, 0.05) is 34.6 Å². The topological polar surface area (TPSA) is 54.7 Å². The molecule has 3 heteroatoms. The number of hydrogen-bond acceptors (Lipinski definition) is 2. The first-order valence-electron chi connectivity index (χ1n) is 6.00. The van der Waals surface area contributed by atoms with Crippen LogP contribution in [0.3, 0.4) is 0 Å². The number of rotatable bonds is 2. The molecule has 3 nitrogen and oxygen atoms in total. The zero-order valence-corrected chi connectivity index (χ0v) is 10.2. The number of fused-ring (bicyclic) bond motifs is 1. The molecule has 0 aliphatic rings. The third-order valence-corrected chi connectivity index (χ3v) is 3.30. The molecular formula is C15H15N3. The molecular weight excluding hydrogens is 222 g/mol. The van der Waals surface area contributed by atoms with Crippen molar-refractivity contribution in [3.63, 3.8) is 0 Å². The summed E-state index contributed by atoms with van der Waals surface area (Å²) in [5.41, 5.74) is 10.8. The molecule has 2 aromatic heterocycles. The lowest BCUT2D eigenvalue weighted by Crippen LogP contribution is -2.12. The highest BCUT2D eigenvalue weighted by atomic mass is 14.8. The summed E-state index contributed by atoms with van der Waals surface area (Å²) < 4.78 is 0. The Morgan fingerprint density at radius 2 is 2.00 bits per heavy atom. The summed E-state index contributed by atoms with van der Waals surface area (Å²) in [6, 6.07) is 12.0. The van der Waals surface area contributed by atoms with Crippen molar-refractivity contribution in [1.82, 2.24) is 9.97 Å². The lowest BCUT2D eigenvalue weighted by Gasteiger charge is -2.12. The largest absolute Gasteiger partial charge is 0.358 e. The summed E-state index contributed by atoms with van der Waals surface area (Å²) in [6.45, 7) is 2.06. The van der Waals surface area contributed by atoms with Gasteiger partial charge >= 0.3 is 0 Å². The fourth-order valence-electron chi connectivity index (χ4n) is 2.43. The maximum atomic E-state index is 6.37. The second-order valence-corrected chi connectivity index (χ2v) is 4.47. The van der Waals surface area contributed by atoms with E-state index >= 15 is 0 Å². The van der Waals surface area contributed by atoms with Gasteiger partial charge in [0.05, 0.1) is 6.04 Å². The highest BCUT2D eigenvalue weighted by molar-refractivity contribution is 5.85. The molecule has 1 unspecified atom stereocenters. The minimum Gasteiger partial charge on any atom is -0.358 e. The molecule has 0 saturated heterocycles. The standard InChI is InChI=1S/C15H15N3/c1-10-14(12-6-2-3-7-13(12)18-10)15(16)11-5-4-8-17-9-11/h2-9,15,18H,16H2,1H3. The van der Waals surface area contributed by atoms with E-state index in [0.717, 1.165) is 22.3 Å². The normalized spacial score (nSPS) is 12.8. The van der Waals surface area contributed by atoms with Gasteiger partial charge in [0.1, 0.15) is 0 Å². The van der Waals surface area contributed by atoms with Gasteiger partial charge in [-0.1, -0.05) is 24.3 Å². The summed E-state index contributed by atoms with van der Waals surface area (Å²) in [6.07, 6.45) is 3.59. The minimum absolute atomic E-state index is 0.144. The van der Waals surface area contributed by atoms with Crippen molar-refractivity contribution in [3.05, 3.63) is 65.6 Å². The molecule has 0 aliphatic carbocycles. The van der Waals surface area contributed by atoms with Gasteiger partial charge in [0.25, 0.3) is 0 Å². The summed E-state index contributed by atoms with van der Waals surface area (Å²) in [5, 5.41) is 1.19. The monoisotopic (exact) mass is 237 g/mol. The molecule has 1 aromatic carbocycles. The van der Waals surface area contributed by atoms with Crippen LogP contribution in [0.15, 0.2) is 48.8 Å². The van der Waals surface area contributed by atoms with Crippen LogP contribution in [-0.2, 0) is 0 Å². The SMILES string of the molecule is Cc1[nH]c2ccccc2c1C(N)c1cccnc1. The number of aromatic nitrogens is 2. The van der Waals surface area contributed by atoms with Crippen LogP contribution < -0.4 is 5.73 Å². The van der Waals surface area contributed by atoms with Gasteiger partial charge in [-0.15, -0.1) is 0 Å². The number of H-pyrrole nitrogens is 1. The molecule has 0 amide bonds. The third kappa shape index (κ3) is 1.69. The number of nitrogens with one attached hydrogen (secondary N) is 1. The zero-order chi connectivity index (χ0) is 12.5. The van der Waals surface area contributed by atoms with Crippen LogP contribution in [0.25, 0.3) is 10.9 Å². The Morgan fingerprint density at radius 3 is 2.78 bits per heavy atom. The minimum atomic E-state index is -0.144. The molecule has 0 bridgehead atoms. The Bertz CT molecular complexity index is 671. The Labute approximate surface area is 106 Å². The van der Waals surface area contributed by atoms with E-state index in [4.69, 9.17) is 5.73 Å². The lowest BCUT2D eigenvalue weighted by atomic mass is 9.98. The van der Waals surface area contributed by atoms with E-state index in [0.29, 0.717) is 0 Å². The highest BCUT2D eigenvalue weighted by Crippen LogP contribution is 2.29. The first-order chi connectivity index (χ1) is 8.77. The van der Waals surface area contributed by atoms with Crippen molar-refractivity contribution in [2.24, 2.45) is 5.73 Å². The third-order valence-electron chi connectivity index (χ3n) is 3.30. The van der Waals surface area contributed by atoms with E-state index in [-0.39, 0.29) is 6.04 Å². The Hall–Kier alpha value is -2.13. The van der Waals surface area contributed by atoms with Crippen molar-refractivity contribution < 1.29 is 0 Å². The molecule has 3 rings (SSSR count). The van der Waals surface area contributed by atoms with Crippen LogP contribution in [0.5, 0.6) is 0 Å². The van der Waals surface area contributed by atoms with E-state index in [9.17, 15) is 0 Å². The molecule has 0 spiro atoms. The van der Waals surface area contributed by atoms with Crippen LogP contribution in [0.2, 0.25) is 0 Å². The van der Waals surface area contributed by atoms with E-state index in [1.807, 2.05) is 30.5 Å². The maximum absolute atomic E-state index is 6.37. The Balaban J connectivity index is 2.17. The molecule has 18 heavy (non-hydrogen) atoms. The number of nitrogens with two attached hydrogens (primary N) is 1. The van der Waals surface area contributed by atoms with Gasteiger partial charge in [0.2, 0.25) is 0 Å². The number of hydrogen-bond donors (Lipinski definition) is 2.